The van der Waals surface area contributed by atoms with Gasteiger partial charge in [-0.2, -0.15) is 0 Å². The summed E-state index contributed by atoms with van der Waals surface area (Å²) in [6.07, 6.45) is 2.82. The molecule has 0 spiro atoms. The fourth-order valence-corrected chi connectivity index (χ4v) is 5.54. The van der Waals surface area contributed by atoms with Crippen LogP contribution in [0.15, 0.2) is 36.4 Å². The zero-order valence-corrected chi connectivity index (χ0v) is 19.0. The topological polar surface area (TPSA) is 59.1 Å². The first kappa shape index (κ1) is 20.9. The summed E-state index contributed by atoms with van der Waals surface area (Å²) >= 11 is 0. The van der Waals surface area contributed by atoms with Gasteiger partial charge in [0.1, 0.15) is 0 Å². The van der Waals surface area contributed by atoms with Gasteiger partial charge in [0.25, 0.3) is 5.91 Å². The molecule has 2 unspecified atom stereocenters. The zero-order chi connectivity index (χ0) is 22.4. The lowest BCUT2D eigenvalue weighted by Crippen LogP contribution is -2.51. The van der Waals surface area contributed by atoms with Crippen LogP contribution in [-0.2, 0) is 11.2 Å². The molecule has 0 saturated carbocycles. The van der Waals surface area contributed by atoms with E-state index in [1.807, 2.05) is 28.0 Å². The number of piperidine rings is 1. The highest BCUT2D eigenvalue weighted by Crippen LogP contribution is 2.49. The van der Waals surface area contributed by atoms with Crippen LogP contribution in [0.25, 0.3) is 0 Å². The van der Waals surface area contributed by atoms with E-state index in [1.54, 1.807) is 20.3 Å². The summed E-state index contributed by atoms with van der Waals surface area (Å²) in [5.41, 5.74) is 3.59. The van der Waals surface area contributed by atoms with Gasteiger partial charge in [0.2, 0.25) is 5.91 Å². The van der Waals surface area contributed by atoms with Crippen molar-refractivity contribution in [3.8, 4) is 11.5 Å². The van der Waals surface area contributed by atoms with E-state index in [-0.39, 0.29) is 17.9 Å². The number of nitrogens with zero attached hydrogens (tertiary/aromatic N) is 2. The van der Waals surface area contributed by atoms with Gasteiger partial charge in [0.15, 0.2) is 11.5 Å². The van der Waals surface area contributed by atoms with Crippen molar-refractivity contribution in [2.75, 3.05) is 33.9 Å². The highest BCUT2D eigenvalue weighted by molar-refractivity contribution is 6.02. The highest BCUT2D eigenvalue weighted by Gasteiger charge is 2.48. The zero-order valence-electron chi connectivity index (χ0n) is 19.0. The van der Waals surface area contributed by atoms with Crippen molar-refractivity contribution in [1.29, 1.82) is 0 Å². The molecule has 5 rings (SSSR count). The number of amides is 2. The molecule has 2 amide bonds. The van der Waals surface area contributed by atoms with Crippen molar-refractivity contribution in [2.45, 2.75) is 38.1 Å². The van der Waals surface area contributed by atoms with Crippen molar-refractivity contribution in [1.82, 2.24) is 9.80 Å². The molecule has 2 aromatic rings. The van der Waals surface area contributed by atoms with E-state index in [1.165, 1.54) is 5.56 Å². The Labute approximate surface area is 189 Å². The molecule has 0 N–H and O–H groups in total. The predicted molar refractivity (Wildman–Crippen MR) is 121 cm³/mol. The minimum atomic E-state index is -0.461. The molecule has 168 valence electrons. The Morgan fingerprint density at radius 3 is 2.38 bits per heavy atom. The third kappa shape index (κ3) is 3.24. The van der Waals surface area contributed by atoms with Crippen molar-refractivity contribution >= 4 is 11.8 Å². The molecule has 0 bridgehead atoms. The maximum Gasteiger partial charge on any atom is 0.254 e. The molecule has 3 heterocycles. The number of methoxy groups -OCH3 is 2. The fraction of sp³-hybridized carbons (Fsp3) is 0.462. The van der Waals surface area contributed by atoms with Crippen LogP contribution in [0, 0.1) is 5.92 Å². The van der Waals surface area contributed by atoms with Crippen molar-refractivity contribution in [2.24, 2.45) is 5.92 Å². The first-order valence-electron chi connectivity index (χ1n) is 11.5. The lowest BCUT2D eigenvalue weighted by Gasteiger charge is -2.46. The molecular weight excluding hydrogens is 404 g/mol. The summed E-state index contributed by atoms with van der Waals surface area (Å²) in [6.45, 7) is 4.38. The van der Waals surface area contributed by atoms with Gasteiger partial charge < -0.3 is 19.3 Å². The summed E-state index contributed by atoms with van der Waals surface area (Å²) in [4.78, 5) is 31.6. The number of fused-ring (bicyclic) bond motifs is 4. The Hall–Kier alpha value is -3.02. The standard InChI is InChI=1S/C26H30N2O4/c1-16-8-11-27(12-9-16)26(30)23-19-14-21(31-2)22(32-3)15-20(19)25(29)28-13-10-17-6-4-5-7-18(17)24(23)28/h4-7,14-16,23-24H,8-13H2,1-3H3. The van der Waals surface area contributed by atoms with Gasteiger partial charge in [-0.1, -0.05) is 31.2 Å². The van der Waals surface area contributed by atoms with Gasteiger partial charge >= 0.3 is 0 Å². The lowest BCUT2D eigenvalue weighted by molar-refractivity contribution is -0.136. The van der Waals surface area contributed by atoms with Crippen LogP contribution in [0.3, 0.4) is 0 Å². The lowest BCUT2D eigenvalue weighted by atomic mass is 9.75. The molecular formula is C26H30N2O4. The Kier molecular flexibility index (Phi) is 5.31. The second-order valence-corrected chi connectivity index (χ2v) is 9.17. The van der Waals surface area contributed by atoms with Crippen molar-refractivity contribution in [3.05, 3.63) is 58.7 Å². The number of hydrogen-bond donors (Lipinski definition) is 0. The molecule has 32 heavy (non-hydrogen) atoms. The Morgan fingerprint density at radius 1 is 0.969 bits per heavy atom. The SMILES string of the molecule is COc1cc2c(cc1OC)C(C(=O)N1CCC(C)CC1)C1c3ccccc3CCN1C2=O. The first-order valence-corrected chi connectivity index (χ1v) is 11.5. The third-order valence-electron chi connectivity index (χ3n) is 7.39. The summed E-state index contributed by atoms with van der Waals surface area (Å²) in [5.74, 6) is 1.28. The second kappa shape index (κ2) is 8.15. The van der Waals surface area contributed by atoms with Gasteiger partial charge in [-0.3, -0.25) is 9.59 Å². The molecule has 2 aromatic carbocycles. The molecule has 3 aliphatic rings. The largest absolute Gasteiger partial charge is 0.493 e. The van der Waals surface area contributed by atoms with Crippen LogP contribution in [0.4, 0.5) is 0 Å². The summed E-state index contributed by atoms with van der Waals surface area (Å²) in [7, 11) is 3.15. The van der Waals surface area contributed by atoms with Crippen LogP contribution in [0.2, 0.25) is 0 Å². The second-order valence-electron chi connectivity index (χ2n) is 9.17. The third-order valence-corrected chi connectivity index (χ3v) is 7.39. The number of carbonyl (C=O) groups excluding carboxylic acids is 2. The van der Waals surface area contributed by atoms with Gasteiger partial charge in [-0.05, 0) is 54.0 Å². The average molecular weight is 435 g/mol. The normalized spacial score (nSPS) is 22.7. The van der Waals surface area contributed by atoms with Crippen LogP contribution < -0.4 is 9.47 Å². The Balaban J connectivity index is 1.68. The summed E-state index contributed by atoms with van der Waals surface area (Å²) in [6, 6.07) is 11.5. The highest BCUT2D eigenvalue weighted by atomic mass is 16.5. The molecule has 0 aromatic heterocycles. The van der Waals surface area contributed by atoms with Gasteiger partial charge in [-0.25, -0.2) is 0 Å². The van der Waals surface area contributed by atoms with E-state index in [0.717, 1.165) is 43.5 Å². The minimum absolute atomic E-state index is 0.0447. The molecule has 6 heteroatoms. The van der Waals surface area contributed by atoms with Crippen molar-refractivity contribution < 1.29 is 19.1 Å². The molecule has 6 nitrogen and oxygen atoms in total. The van der Waals surface area contributed by atoms with Crippen LogP contribution >= 0.6 is 0 Å². The van der Waals surface area contributed by atoms with Gasteiger partial charge in [0.05, 0.1) is 26.2 Å². The number of benzene rings is 2. The number of ether oxygens (including phenoxy) is 2. The molecule has 0 radical (unpaired) electrons. The number of carbonyl (C=O) groups is 2. The molecule has 1 saturated heterocycles. The number of likely N-dealkylation sites (tertiary alicyclic amines) is 1. The maximum absolute atomic E-state index is 14.1. The van der Waals surface area contributed by atoms with E-state index in [9.17, 15) is 9.59 Å². The average Bonchev–Trinajstić information content (AvgIpc) is 2.83. The molecule has 2 atom stereocenters. The molecule has 0 aliphatic carbocycles. The van der Waals surface area contributed by atoms with Gasteiger partial charge in [0, 0.05) is 25.2 Å². The smallest absolute Gasteiger partial charge is 0.254 e. The molecule has 1 fully saturated rings. The van der Waals surface area contributed by atoms with Crippen LogP contribution in [0.1, 0.15) is 58.8 Å². The number of rotatable bonds is 3. The maximum atomic E-state index is 14.1. The van der Waals surface area contributed by atoms with E-state index in [2.05, 4.69) is 19.1 Å². The fourth-order valence-electron chi connectivity index (χ4n) is 5.54. The Morgan fingerprint density at radius 2 is 1.66 bits per heavy atom. The van der Waals surface area contributed by atoms with Crippen molar-refractivity contribution in [3.63, 3.8) is 0 Å². The predicted octanol–water partition coefficient (Wildman–Crippen LogP) is 3.80. The van der Waals surface area contributed by atoms with E-state index >= 15 is 0 Å². The van der Waals surface area contributed by atoms with Crippen LogP contribution in [0.5, 0.6) is 11.5 Å². The minimum Gasteiger partial charge on any atom is -0.493 e. The monoisotopic (exact) mass is 434 g/mol. The van der Waals surface area contributed by atoms with Gasteiger partial charge in [-0.15, -0.1) is 0 Å². The molecule has 3 aliphatic heterocycles. The quantitative estimate of drug-likeness (QED) is 0.737. The summed E-state index contributed by atoms with van der Waals surface area (Å²) < 4.78 is 11.0. The number of hydrogen-bond acceptors (Lipinski definition) is 4. The van der Waals surface area contributed by atoms with E-state index in [0.29, 0.717) is 29.5 Å². The van der Waals surface area contributed by atoms with Crippen LogP contribution in [-0.4, -0.2) is 55.5 Å². The van der Waals surface area contributed by atoms with E-state index in [4.69, 9.17) is 9.47 Å². The first-order chi connectivity index (χ1) is 15.5. The summed E-state index contributed by atoms with van der Waals surface area (Å²) in [5, 5.41) is 0. The van der Waals surface area contributed by atoms with E-state index < -0.39 is 5.92 Å². The Bertz CT molecular complexity index is 1060.